The SMILES string of the molecule is Clc1ccc(Cc2nnc(Cl)o2)cc1. The molecule has 0 atom stereocenters. The van der Waals surface area contributed by atoms with Crippen molar-refractivity contribution in [2.45, 2.75) is 6.42 Å². The Balaban J connectivity index is 2.15. The minimum Gasteiger partial charge on any atom is -0.412 e. The molecular weight excluding hydrogens is 223 g/mol. The summed E-state index contributed by atoms with van der Waals surface area (Å²) in [6.45, 7) is 0. The first-order chi connectivity index (χ1) is 6.74. The fraction of sp³-hybridized carbons (Fsp3) is 0.111. The monoisotopic (exact) mass is 228 g/mol. The molecule has 3 nitrogen and oxygen atoms in total. The van der Waals surface area contributed by atoms with Crippen molar-refractivity contribution >= 4 is 23.2 Å². The van der Waals surface area contributed by atoms with Gasteiger partial charge < -0.3 is 4.42 Å². The Bertz CT molecular complexity index is 425. The van der Waals surface area contributed by atoms with E-state index in [1.807, 2.05) is 24.3 Å². The Kier molecular flexibility index (Phi) is 2.70. The van der Waals surface area contributed by atoms with Gasteiger partial charge in [-0.05, 0) is 29.3 Å². The van der Waals surface area contributed by atoms with E-state index in [2.05, 4.69) is 10.2 Å². The van der Waals surface area contributed by atoms with E-state index in [0.717, 1.165) is 5.56 Å². The summed E-state index contributed by atoms with van der Waals surface area (Å²) >= 11 is 11.2. The molecule has 0 unspecified atom stereocenters. The van der Waals surface area contributed by atoms with Crippen molar-refractivity contribution in [2.24, 2.45) is 0 Å². The summed E-state index contributed by atoms with van der Waals surface area (Å²) < 4.78 is 5.03. The Morgan fingerprint density at radius 1 is 1.07 bits per heavy atom. The van der Waals surface area contributed by atoms with Crippen molar-refractivity contribution in [1.29, 1.82) is 0 Å². The minimum absolute atomic E-state index is 0.0639. The summed E-state index contributed by atoms with van der Waals surface area (Å²) in [6, 6.07) is 7.44. The lowest BCUT2D eigenvalue weighted by Gasteiger charge is -1.95. The molecule has 14 heavy (non-hydrogen) atoms. The first-order valence-corrected chi connectivity index (χ1v) is 4.72. The molecule has 1 heterocycles. The lowest BCUT2D eigenvalue weighted by atomic mass is 10.1. The van der Waals surface area contributed by atoms with Gasteiger partial charge in [-0.25, -0.2) is 0 Å². The van der Waals surface area contributed by atoms with Crippen LogP contribution in [-0.2, 0) is 6.42 Å². The highest BCUT2D eigenvalue weighted by atomic mass is 35.5. The Hall–Kier alpha value is -1.06. The van der Waals surface area contributed by atoms with E-state index in [9.17, 15) is 0 Å². The highest BCUT2D eigenvalue weighted by Gasteiger charge is 2.04. The molecule has 1 aromatic carbocycles. The van der Waals surface area contributed by atoms with Gasteiger partial charge in [0.25, 0.3) is 0 Å². The molecule has 0 spiro atoms. The molecule has 2 rings (SSSR count). The summed E-state index contributed by atoms with van der Waals surface area (Å²) in [6.07, 6.45) is 0.566. The number of benzene rings is 1. The van der Waals surface area contributed by atoms with Crippen LogP contribution in [0.15, 0.2) is 28.7 Å². The van der Waals surface area contributed by atoms with E-state index in [1.54, 1.807) is 0 Å². The van der Waals surface area contributed by atoms with E-state index < -0.39 is 0 Å². The average molecular weight is 229 g/mol. The number of hydrogen-bond donors (Lipinski definition) is 0. The molecule has 0 saturated carbocycles. The Labute approximate surface area is 90.7 Å². The second-order valence-corrected chi connectivity index (χ2v) is 3.51. The molecule has 0 saturated heterocycles. The maximum atomic E-state index is 5.75. The molecule has 5 heteroatoms. The smallest absolute Gasteiger partial charge is 0.312 e. The van der Waals surface area contributed by atoms with E-state index in [-0.39, 0.29) is 5.35 Å². The summed E-state index contributed by atoms with van der Waals surface area (Å²) in [5.41, 5.74) is 1.05. The van der Waals surface area contributed by atoms with E-state index in [0.29, 0.717) is 17.3 Å². The Morgan fingerprint density at radius 2 is 1.79 bits per heavy atom. The van der Waals surface area contributed by atoms with Crippen LogP contribution in [0.5, 0.6) is 0 Å². The molecule has 0 N–H and O–H groups in total. The number of halogens is 2. The number of hydrogen-bond acceptors (Lipinski definition) is 3. The van der Waals surface area contributed by atoms with Gasteiger partial charge in [-0.3, -0.25) is 0 Å². The fourth-order valence-corrected chi connectivity index (χ4v) is 1.33. The van der Waals surface area contributed by atoms with Crippen LogP contribution in [-0.4, -0.2) is 10.2 Å². The van der Waals surface area contributed by atoms with Gasteiger partial charge in [0.1, 0.15) is 0 Å². The van der Waals surface area contributed by atoms with Crippen LogP contribution >= 0.6 is 23.2 Å². The number of aromatic nitrogens is 2. The van der Waals surface area contributed by atoms with E-state index in [4.69, 9.17) is 27.6 Å². The molecule has 0 aliphatic heterocycles. The fourth-order valence-electron chi connectivity index (χ4n) is 1.08. The van der Waals surface area contributed by atoms with Crippen LogP contribution in [0.1, 0.15) is 11.5 Å². The van der Waals surface area contributed by atoms with Crippen LogP contribution in [0.3, 0.4) is 0 Å². The van der Waals surface area contributed by atoms with Crippen LogP contribution in [0.4, 0.5) is 0 Å². The third-order valence-electron chi connectivity index (χ3n) is 1.71. The molecule has 2 aromatic rings. The highest BCUT2D eigenvalue weighted by Crippen LogP contribution is 2.14. The molecule has 0 radical (unpaired) electrons. The highest BCUT2D eigenvalue weighted by molar-refractivity contribution is 6.30. The van der Waals surface area contributed by atoms with Gasteiger partial charge in [-0.2, -0.15) is 0 Å². The third-order valence-corrected chi connectivity index (χ3v) is 2.12. The normalized spacial score (nSPS) is 10.4. The van der Waals surface area contributed by atoms with Crippen molar-refractivity contribution in [3.8, 4) is 0 Å². The summed E-state index contributed by atoms with van der Waals surface area (Å²) in [5, 5.41) is 8.07. The summed E-state index contributed by atoms with van der Waals surface area (Å²) in [5.74, 6) is 0.498. The van der Waals surface area contributed by atoms with Crippen molar-refractivity contribution < 1.29 is 4.42 Å². The zero-order chi connectivity index (χ0) is 9.97. The molecule has 0 aliphatic rings. The summed E-state index contributed by atoms with van der Waals surface area (Å²) in [4.78, 5) is 0. The van der Waals surface area contributed by atoms with Gasteiger partial charge in [0.2, 0.25) is 5.89 Å². The first kappa shape index (κ1) is 9.49. The summed E-state index contributed by atoms with van der Waals surface area (Å²) in [7, 11) is 0. The van der Waals surface area contributed by atoms with Gasteiger partial charge >= 0.3 is 5.35 Å². The van der Waals surface area contributed by atoms with Crippen molar-refractivity contribution in [2.75, 3.05) is 0 Å². The lowest BCUT2D eigenvalue weighted by Crippen LogP contribution is -1.87. The zero-order valence-corrected chi connectivity index (χ0v) is 8.59. The molecule has 0 amide bonds. The largest absolute Gasteiger partial charge is 0.412 e. The molecule has 0 fully saturated rings. The van der Waals surface area contributed by atoms with Gasteiger partial charge in [0.15, 0.2) is 0 Å². The van der Waals surface area contributed by atoms with Crippen molar-refractivity contribution in [3.05, 3.63) is 46.1 Å². The van der Waals surface area contributed by atoms with Crippen molar-refractivity contribution in [3.63, 3.8) is 0 Å². The standard InChI is InChI=1S/C9H6Cl2N2O/c10-7-3-1-6(2-4-7)5-8-12-13-9(11)14-8/h1-4H,5H2. The predicted octanol–water partition coefficient (Wildman–Crippen LogP) is 2.97. The molecule has 0 bridgehead atoms. The molecule has 0 aliphatic carbocycles. The average Bonchev–Trinajstić information content (AvgIpc) is 2.56. The quantitative estimate of drug-likeness (QED) is 0.794. The van der Waals surface area contributed by atoms with Gasteiger partial charge in [-0.1, -0.05) is 28.8 Å². The van der Waals surface area contributed by atoms with Crippen LogP contribution in [0.2, 0.25) is 10.4 Å². The second-order valence-electron chi connectivity index (χ2n) is 2.75. The lowest BCUT2D eigenvalue weighted by molar-refractivity contribution is 0.507. The Morgan fingerprint density at radius 3 is 2.36 bits per heavy atom. The van der Waals surface area contributed by atoms with Gasteiger partial charge in [-0.15, -0.1) is 5.10 Å². The van der Waals surface area contributed by atoms with Gasteiger partial charge in [0.05, 0.1) is 6.42 Å². The van der Waals surface area contributed by atoms with E-state index in [1.165, 1.54) is 0 Å². The molecule has 1 aromatic heterocycles. The molecular formula is C9H6Cl2N2O. The van der Waals surface area contributed by atoms with Crippen molar-refractivity contribution in [1.82, 2.24) is 10.2 Å². The number of rotatable bonds is 2. The van der Waals surface area contributed by atoms with Crippen LogP contribution < -0.4 is 0 Å². The number of nitrogens with zero attached hydrogens (tertiary/aromatic N) is 2. The van der Waals surface area contributed by atoms with Crippen LogP contribution in [0.25, 0.3) is 0 Å². The topological polar surface area (TPSA) is 38.9 Å². The predicted molar refractivity (Wildman–Crippen MR) is 53.6 cm³/mol. The van der Waals surface area contributed by atoms with Crippen LogP contribution in [0, 0.1) is 0 Å². The third kappa shape index (κ3) is 2.25. The second kappa shape index (κ2) is 3.98. The zero-order valence-electron chi connectivity index (χ0n) is 7.08. The van der Waals surface area contributed by atoms with Gasteiger partial charge in [0, 0.05) is 5.02 Å². The maximum Gasteiger partial charge on any atom is 0.312 e. The maximum absolute atomic E-state index is 5.75. The molecule has 72 valence electrons. The first-order valence-electron chi connectivity index (χ1n) is 3.96. The van der Waals surface area contributed by atoms with E-state index >= 15 is 0 Å². The minimum atomic E-state index is 0.0639.